The average Bonchev–Trinajstić information content (AvgIpc) is 2.59. The van der Waals surface area contributed by atoms with Gasteiger partial charge >= 0.3 is 0 Å². The fourth-order valence-electron chi connectivity index (χ4n) is 3.93. The van der Waals surface area contributed by atoms with E-state index in [1.54, 1.807) is 0 Å². The molecule has 3 aliphatic rings. The van der Waals surface area contributed by atoms with Crippen LogP contribution in [0, 0.1) is 11.8 Å². The number of hydrogen-bond donors (Lipinski definition) is 0. The molecule has 2 amide bonds. The molecule has 2 unspecified atom stereocenters. The van der Waals surface area contributed by atoms with Gasteiger partial charge in [-0.1, -0.05) is 30.3 Å². The van der Waals surface area contributed by atoms with E-state index in [0.717, 1.165) is 50.0 Å². The van der Waals surface area contributed by atoms with E-state index in [9.17, 15) is 9.59 Å². The van der Waals surface area contributed by atoms with Crippen LogP contribution in [0.25, 0.3) is 0 Å². The topological polar surface area (TPSA) is 53.0 Å². The largest absolute Gasteiger partial charge is 0.341 e. The van der Waals surface area contributed by atoms with Gasteiger partial charge < -0.3 is 4.90 Å². The molecule has 126 valence electrons. The van der Waals surface area contributed by atoms with Crippen LogP contribution in [-0.4, -0.2) is 47.1 Å². The van der Waals surface area contributed by atoms with Crippen molar-refractivity contribution in [3.8, 4) is 0 Å². The van der Waals surface area contributed by atoms with E-state index in [1.165, 1.54) is 11.4 Å². The summed E-state index contributed by atoms with van der Waals surface area (Å²) in [7, 11) is 0. The van der Waals surface area contributed by atoms with Gasteiger partial charge in [-0.15, -0.1) is 0 Å². The first-order chi connectivity index (χ1) is 11.7. The van der Waals surface area contributed by atoms with E-state index in [0.29, 0.717) is 0 Å². The van der Waals surface area contributed by atoms with Crippen LogP contribution in [0.4, 0.5) is 0 Å². The Balaban J connectivity index is 1.56. The van der Waals surface area contributed by atoms with Crippen molar-refractivity contribution >= 4 is 17.5 Å². The maximum Gasteiger partial charge on any atom is 0.246 e. The van der Waals surface area contributed by atoms with Gasteiger partial charge in [-0.05, 0) is 37.7 Å². The van der Waals surface area contributed by atoms with E-state index in [2.05, 4.69) is 5.10 Å². The van der Waals surface area contributed by atoms with Crippen LogP contribution >= 0.6 is 0 Å². The Morgan fingerprint density at radius 1 is 1.04 bits per heavy atom. The molecular formula is C19H23N3O2. The van der Waals surface area contributed by atoms with Crippen molar-refractivity contribution in [3.05, 3.63) is 35.9 Å². The lowest BCUT2D eigenvalue weighted by atomic mass is 9.68. The number of piperidine rings is 1. The number of benzene rings is 1. The Morgan fingerprint density at radius 2 is 1.75 bits per heavy atom. The van der Waals surface area contributed by atoms with Crippen molar-refractivity contribution in [1.82, 2.24) is 9.91 Å². The highest BCUT2D eigenvalue weighted by atomic mass is 16.2. The first kappa shape index (κ1) is 15.4. The molecule has 1 aromatic rings. The average molecular weight is 325 g/mol. The van der Waals surface area contributed by atoms with Crippen molar-refractivity contribution < 1.29 is 9.59 Å². The fraction of sp³-hybridized carbons (Fsp3) is 0.526. The van der Waals surface area contributed by atoms with Crippen molar-refractivity contribution in [2.45, 2.75) is 32.1 Å². The highest BCUT2D eigenvalue weighted by Gasteiger charge is 2.46. The Morgan fingerprint density at radius 3 is 2.42 bits per heavy atom. The zero-order valence-electron chi connectivity index (χ0n) is 13.9. The number of hydrogen-bond acceptors (Lipinski definition) is 3. The first-order valence-corrected chi connectivity index (χ1v) is 8.97. The third-order valence-corrected chi connectivity index (χ3v) is 5.49. The number of nitrogens with zero attached hydrogens (tertiary/aromatic N) is 3. The third kappa shape index (κ3) is 2.72. The second kappa shape index (κ2) is 6.38. The molecule has 2 aliphatic heterocycles. The van der Waals surface area contributed by atoms with Gasteiger partial charge in [0.1, 0.15) is 6.54 Å². The fourth-order valence-corrected chi connectivity index (χ4v) is 3.93. The smallest absolute Gasteiger partial charge is 0.246 e. The van der Waals surface area contributed by atoms with Crippen LogP contribution in [0.1, 0.15) is 37.7 Å². The molecule has 2 fully saturated rings. The van der Waals surface area contributed by atoms with E-state index in [1.807, 2.05) is 35.2 Å². The molecule has 0 aromatic heterocycles. The number of carbonyl (C=O) groups excluding carboxylic acids is 2. The van der Waals surface area contributed by atoms with Gasteiger partial charge in [0, 0.05) is 24.9 Å². The van der Waals surface area contributed by atoms with Crippen molar-refractivity contribution in [2.75, 3.05) is 19.6 Å². The lowest BCUT2D eigenvalue weighted by molar-refractivity contribution is -0.147. The number of rotatable bonds is 3. The monoisotopic (exact) mass is 325 g/mol. The zero-order valence-corrected chi connectivity index (χ0v) is 13.9. The lowest BCUT2D eigenvalue weighted by Gasteiger charge is -2.42. The number of likely N-dealkylation sites (tertiary alicyclic amines) is 1. The second-order valence-corrected chi connectivity index (χ2v) is 6.98. The summed E-state index contributed by atoms with van der Waals surface area (Å²) in [5, 5.41) is 6.03. The molecule has 0 N–H and O–H groups in total. The molecule has 4 rings (SSSR count). The van der Waals surface area contributed by atoms with Gasteiger partial charge in [-0.2, -0.15) is 5.10 Å². The molecule has 5 heteroatoms. The number of carbonyl (C=O) groups is 2. The maximum absolute atomic E-state index is 12.6. The Kier molecular flexibility index (Phi) is 4.08. The molecule has 0 radical (unpaired) electrons. The summed E-state index contributed by atoms with van der Waals surface area (Å²) in [6.07, 6.45) is 5.22. The number of amides is 2. The van der Waals surface area contributed by atoms with E-state index in [4.69, 9.17) is 0 Å². The maximum atomic E-state index is 12.6. The molecule has 2 atom stereocenters. The summed E-state index contributed by atoms with van der Waals surface area (Å²) in [6.45, 7) is 1.70. The molecule has 1 aromatic carbocycles. The minimum atomic E-state index is 0.00635. The summed E-state index contributed by atoms with van der Waals surface area (Å²) in [5.74, 6) is 0.279. The van der Waals surface area contributed by atoms with Crippen molar-refractivity contribution in [1.29, 1.82) is 0 Å². The molecule has 1 aliphatic carbocycles. The van der Waals surface area contributed by atoms with Gasteiger partial charge in [0.05, 0.1) is 5.71 Å². The summed E-state index contributed by atoms with van der Waals surface area (Å²) in [4.78, 5) is 27.0. The number of hydrazone groups is 1. The van der Waals surface area contributed by atoms with E-state index < -0.39 is 0 Å². The molecular weight excluding hydrogens is 302 g/mol. The molecule has 2 heterocycles. The van der Waals surface area contributed by atoms with E-state index in [-0.39, 0.29) is 30.2 Å². The zero-order chi connectivity index (χ0) is 16.5. The number of fused-ring (bicyclic) bond motifs is 1. The van der Waals surface area contributed by atoms with Crippen LogP contribution < -0.4 is 0 Å². The summed E-state index contributed by atoms with van der Waals surface area (Å²) in [6, 6.07) is 10.0. The third-order valence-electron chi connectivity index (χ3n) is 5.49. The summed E-state index contributed by atoms with van der Waals surface area (Å²) in [5.41, 5.74) is 2.04. The van der Waals surface area contributed by atoms with Crippen molar-refractivity contribution in [3.63, 3.8) is 0 Å². The molecule has 1 saturated carbocycles. The molecule has 24 heavy (non-hydrogen) atoms. The van der Waals surface area contributed by atoms with Crippen LogP contribution in [0.3, 0.4) is 0 Å². The van der Waals surface area contributed by atoms with Gasteiger partial charge in [0.25, 0.3) is 0 Å². The first-order valence-electron chi connectivity index (χ1n) is 8.97. The SMILES string of the molecule is O=C(CN1N=C(c2ccccc2)C2CCC2C1=O)N1CCCCC1. The molecule has 1 saturated heterocycles. The van der Waals surface area contributed by atoms with Crippen LogP contribution in [0.2, 0.25) is 0 Å². The second-order valence-electron chi connectivity index (χ2n) is 6.98. The highest BCUT2D eigenvalue weighted by molar-refractivity contribution is 6.07. The highest BCUT2D eigenvalue weighted by Crippen LogP contribution is 2.41. The Bertz CT molecular complexity index is 664. The minimum Gasteiger partial charge on any atom is -0.341 e. The Hall–Kier alpha value is -2.17. The lowest BCUT2D eigenvalue weighted by Crippen LogP contribution is -2.52. The van der Waals surface area contributed by atoms with E-state index >= 15 is 0 Å². The van der Waals surface area contributed by atoms with Crippen molar-refractivity contribution in [2.24, 2.45) is 16.9 Å². The molecule has 0 spiro atoms. The molecule has 5 nitrogen and oxygen atoms in total. The van der Waals surface area contributed by atoms with Gasteiger partial charge in [-0.3, -0.25) is 9.59 Å². The minimum absolute atomic E-state index is 0.00635. The van der Waals surface area contributed by atoms with Gasteiger partial charge in [0.15, 0.2) is 0 Å². The quantitative estimate of drug-likeness (QED) is 0.856. The van der Waals surface area contributed by atoms with Gasteiger partial charge in [-0.25, -0.2) is 5.01 Å². The normalized spacial score (nSPS) is 26.5. The summed E-state index contributed by atoms with van der Waals surface area (Å²) < 4.78 is 0. The molecule has 0 bridgehead atoms. The van der Waals surface area contributed by atoms with Crippen LogP contribution in [-0.2, 0) is 9.59 Å². The predicted octanol–water partition coefficient (Wildman–Crippen LogP) is 2.27. The predicted molar refractivity (Wildman–Crippen MR) is 91.3 cm³/mol. The summed E-state index contributed by atoms with van der Waals surface area (Å²) >= 11 is 0. The van der Waals surface area contributed by atoms with Gasteiger partial charge in [0.2, 0.25) is 11.8 Å². The standard InChI is InChI=1S/C19H23N3O2/c23-17(21-11-5-2-6-12-21)13-22-19(24)16-10-9-15(16)18(20-22)14-7-3-1-4-8-14/h1,3-4,7-8,15-16H,2,5-6,9-13H2. The Labute approximate surface area is 142 Å². The van der Waals surface area contributed by atoms with Crippen LogP contribution in [0.5, 0.6) is 0 Å². The van der Waals surface area contributed by atoms with Crippen LogP contribution in [0.15, 0.2) is 35.4 Å².